The zero-order valence-electron chi connectivity index (χ0n) is 7.25. The third-order valence-electron chi connectivity index (χ3n) is 1.89. The smallest absolute Gasteiger partial charge is 0.107 e. The van der Waals surface area contributed by atoms with Gasteiger partial charge in [0, 0.05) is 25.0 Å². The minimum atomic E-state index is -0.309. The van der Waals surface area contributed by atoms with Gasteiger partial charge in [0.15, 0.2) is 0 Å². The van der Waals surface area contributed by atoms with E-state index in [4.69, 9.17) is 28.4 Å². The quantitative estimate of drug-likeness (QED) is 0.335. The summed E-state index contributed by atoms with van der Waals surface area (Å²) in [6, 6.07) is 0. The van der Waals surface area contributed by atoms with Crippen molar-refractivity contribution in [2.24, 2.45) is 22.6 Å². The Kier molecular flexibility index (Phi) is 5.68. The molecule has 0 bridgehead atoms. The zero-order valence-corrected chi connectivity index (χ0v) is 7.25. The van der Waals surface area contributed by atoms with Crippen LogP contribution < -0.4 is 17.2 Å². The van der Waals surface area contributed by atoms with Crippen LogP contribution in [0.2, 0.25) is 0 Å². The van der Waals surface area contributed by atoms with E-state index < -0.39 is 0 Å². The Hall–Kier alpha value is -0.600. The second kappa shape index (κ2) is 5.98. The van der Waals surface area contributed by atoms with Gasteiger partial charge in [0.1, 0.15) is 6.61 Å². The Morgan fingerprint density at radius 2 is 1.67 bits per heavy atom. The van der Waals surface area contributed by atoms with Gasteiger partial charge in [-0.15, -0.1) is 6.42 Å². The fraction of sp³-hybridized carbons (Fsp3) is 0.750. The summed E-state index contributed by atoms with van der Waals surface area (Å²) in [7, 11) is 0. The van der Waals surface area contributed by atoms with E-state index in [0.29, 0.717) is 26.2 Å². The molecule has 0 saturated carbocycles. The summed E-state index contributed by atoms with van der Waals surface area (Å²) in [6.07, 6.45) is 5.01. The molecule has 0 unspecified atom stereocenters. The number of nitrogens with two attached hydrogens (primary N) is 3. The Morgan fingerprint density at radius 1 is 1.17 bits per heavy atom. The van der Waals surface area contributed by atoms with Gasteiger partial charge in [-0.1, -0.05) is 5.92 Å². The Bertz CT molecular complexity index is 141. The molecule has 0 amide bonds. The lowest BCUT2D eigenvalue weighted by Crippen LogP contribution is -2.47. The second-order valence-electron chi connectivity index (χ2n) is 2.81. The van der Waals surface area contributed by atoms with Gasteiger partial charge in [0.25, 0.3) is 0 Å². The fourth-order valence-electron chi connectivity index (χ4n) is 0.753. The van der Waals surface area contributed by atoms with Crippen molar-refractivity contribution in [1.29, 1.82) is 0 Å². The molecule has 6 N–H and O–H groups in total. The van der Waals surface area contributed by atoms with Gasteiger partial charge >= 0.3 is 0 Å². The van der Waals surface area contributed by atoms with E-state index in [0.717, 1.165) is 0 Å². The van der Waals surface area contributed by atoms with Crippen LogP contribution in [0.5, 0.6) is 0 Å². The average Bonchev–Trinajstić information content (AvgIpc) is 2.14. The molecule has 0 fully saturated rings. The fourth-order valence-corrected chi connectivity index (χ4v) is 0.753. The van der Waals surface area contributed by atoms with Crippen LogP contribution in [-0.2, 0) is 4.74 Å². The minimum absolute atomic E-state index is 0.280. The number of hydrogen-bond donors (Lipinski definition) is 3. The first-order valence-corrected chi connectivity index (χ1v) is 3.86. The standard InChI is InChI=1S/C8H17N3O/c1-2-3-12-7-8(4-9,5-10)6-11/h1H,3-7,9-11H2. The van der Waals surface area contributed by atoms with Gasteiger partial charge < -0.3 is 21.9 Å². The van der Waals surface area contributed by atoms with Crippen molar-refractivity contribution in [3.63, 3.8) is 0 Å². The summed E-state index contributed by atoms with van der Waals surface area (Å²) in [6.45, 7) is 1.97. The molecule has 0 heterocycles. The topological polar surface area (TPSA) is 87.3 Å². The van der Waals surface area contributed by atoms with Crippen LogP contribution in [0.1, 0.15) is 0 Å². The van der Waals surface area contributed by atoms with Gasteiger partial charge in [0.2, 0.25) is 0 Å². The summed E-state index contributed by atoms with van der Waals surface area (Å²) in [4.78, 5) is 0. The molecular formula is C8H17N3O. The first-order valence-electron chi connectivity index (χ1n) is 3.86. The largest absolute Gasteiger partial charge is 0.368 e. The monoisotopic (exact) mass is 171 g/mol. The first-order chi connectivity index (χ1) is 5.74. The average molecular weight is 171 g/mol. The SMILES string of the molecule is C#CCOCC(CN)(CN)CN. The van der Waals surface area contributed by atoms with Crippen molar-refractivity contribution in [2.75, 3.05) is 32.8 Å². The van der Waals surface area contributed by atoms with Crippen LogP contribution in [-0.4, -0.2) is 32.8 Å². The van der Waals surface area contributed by atoms with Crippen LogP contribution in [0, 0.1) is 17.8 Å². The van der Waals surface area contributed by atoms with Crippen molar-refractivity contribution in [3.05, 3.63) is 0 Å². The van der Waals surface area contributed by atoms with Crippen molar-refractivity contribution in [1.82, 2.24) is 0 Å². The summed E-state index contributed by atoms with van der Waals surface area (Å²) in [5.41, 5.74) is 16.2. The highest BCUT2D eigenvalue weighted by Gasteiger charge is 2.25. The maximum Gasteiger partial charge on any atom is 0.107 e. The maximum absolute atomic E-state index is 5.52. The predicted molar refractivity (Wildman–Crippen MR) is 49.2 cm³/mol. The van der Waals surface area contributed by atoms with Crippen molar-refractivity contribution >= 4 is 0 Å². The number of terminal acetylenes is 1. The Morgan fingerprint density at radius 3 is 2.00 bits per heavy atom. The lowest BCUT2D eigenvalue weighted by molar-refractivity contribution is 0.0766. The molecule has 12 heavy (non-hydrogen) atoms. The van der Waals surface area contributed by atoms with Gasteiger partial charge in [0.05, 0.1) is 6.61 Å². The van der Waals surface area contributed by atoms with Crippen LogP contribution >= 0.6 is 0 Å². The molecule has 4 nitrogen and oxygen atoms in total. The highest BCUT2D eigenvalue weighted by atomic mass is 16.5. The summed E-state index contributed by atoms with van der Waals surface area (Å²) >= 11 is 0. The molecule has 0 aromatic rings. The van der Waals surface area contributed by atoms with E-state index in [1.165, 1.54) is 0 Å². The van der Waals surface area contributed by atoms with Crippen molar-refractivity contribution < 1.29 is 4.74 Å². The van der Waals surface area contributed by atoms with Crippen LogP contribution in [0.15, 0.2) is 0 Å². The van der Waals surface area contributed by atoms with Gasteiger partial charge in [-0.3, -0.25) is 0 Å². The van der Waals surface area contributed by atoms with Crippen LogP contribution in [0.25, 0.3) is 0 Å². The molecule has 0 radical (unpaired) electrons. The van der Waals surface area contributed by atoms with E-state index in [1.54, 1.807) is 0 Å². The van der Waals surface area contributed by atoms with E-state index in [-0.39, 0.29) is 12.0 Å². The molecule has 0 saturated heterocycles. The Labute approximate surface area is 73.4 Å². The molecule has 0 aliphatic carbocycles. The van der Waals surface area contributed by atoms with Crippen molar-refractivity contribution in [3.8, 4) is 12.3 Å². The van der Waals surface area contributed by atoms with Crippen LogP contribution in [0.3, 0.4) is 0 Å². The molecule has 0 aromatic heterocycles. The summed E-state index contributed by atoms with van der Waals surface area (Å²) in [5, 5.41) is 0. The van der Waals surface area contributed by atoms with E-state index in [9.17, 15) is 0 Å². The van der Waals surface area contributed by atoms with E-state index in [1.807, 2.05) is 0 Å². The molecule has 0 aliphatic heterocycles. The summed E-state index contributed by atoms with van der Waals surface area (Å²) in [5.74, 6) is 2.37. The molecule has 0 spiro atoms. The highest BCUT2D eigenvalue weighted by Crippen LogP contribution is 2.11. The third-order valence-corrected chi connectivity index (χ3v) is 1.89. The zero-order chi connectivity index (χ0) is 9.45. The predicted octanol–water partition coefficient (Wildman–Crippen LogP) is -1.50. The third kappa shape index (κ3) is 3.20. The maximum atomic E-state index is 5.52. The molecule has 4 heteroatoms. The number of rotatable bonds is 6. The molecule has 0 aliphatic rings. The van der Waals surface area contributed by atoms with Crippen molar-refractivity contribution in [2.45, 2.75) is 0 Å². The number of ether oxygens (including phenoxy) is 1. The lowest BCUT2D eigenvalue weighted by Gasteiger charge is -2.28. The second-order valence-corrected chi connectivity index (χ2v) is 2.81. The minimum Gasteiger partial charge on any atom is -0.368 e. The molecule has 70 valence electrons. The first kappa shape index (κ1) is 11.4. The highest BCUT2D eigenvalue weighted by molar-refractivity contribution is 4.86. The van der Waals surface area contributed by atoms with Crippen LogP contribution in [0.4, 0.5) is 0 Å². The molecular weight excluding hydrogens is 154 g/mol. The summed E-state index contributed by atoms with van der Waals surface area (Å²) < 4.78 is 5.14. The molecule has 0 rings (SSSR count). The molecule has 0 atom stereocenters. The lowest BCUT2D eigenvalue weighted by atomic mass is 9.89. The van der Waals surface area contributed by atoms with Gasteiger partial charge in [-0.2, -0.15) is 0 Å². The van der Waals surface area contributed by atoms with E-state index >= 15 is 0 Å². The normalized spacial score (nSPS) is 11.2. The van der Waals surface area contributed by atoms with E-state index in [2.05, 4.69) is 5.92 Å². The Balaban J connectivity index is 3.86. The molecule has 0 aromatic carbocycles. The number of hydrogen-bond acceptors (Lipinski definition) is 4. The van der Waals surface area contributed by atoms with Gasteiger partial charge in [-0.25, -0.2) is 0 Å². The van der Waals surface area contributed by atoms with Gasteiger partial charge in [-0.05, 0) is 0 Å².